The quantitative estimate of drug-likeness (QED) is 0.185. The lowest BCUT2D eigenvalue weighted by Crippen LogP contribution is -2.35. The Bertz CT molecular complexity index is 1740. The van der Waals surface area contributed by atoms with Gasteiger partial charge in [0, 0.05) is 37.4 Å². The zero-order chi connectivity index (χ0) is 37.7. The van der Waals surface area contributed by atoms with E-state index < -0.39 is 17.9 Å². The summed E-state index contributed by atoms with van der Waals surface area (Å²) < 4.78 is 42.5. The van der Waals surface area contributed by atoms with E-state index in [9.17, 15) is 27.9 Å². The molecule has 1 aliphatic heterocycles. The van der Waals surface area contributed by atoms with Gasteiger partial charge in [-0.25, -0.2) is 4.79 Å². The average molecular weight is 724 g/mol. The standard InChI is InChI=1S/C37H43N3O5.C2HF3O2/c1-3-45-37(43)18-16-33(17-19-37)40(35(41)25-28-12-14-34(44-2)15-13-28)27-29-8-6-9-30(24-29)31-10-7-11-32(26-31)36(42)38-20-23-39-21-4-5-22-39;3-2(4,5)1(6)7/h6-18,24,26,43H,3-5,19-23,25,27H2,1-2H3,(H,38,42);(H,6,7). The Hall–Kier alpha value is -4.98. The molecule has 52 heavy (non-hydrogen) atoms. The number of carboxylic acids is 1. The van der Waals surface area contributed by atoms with E-state index in [1.165, 1.54) is 12.8 Å². The lowest BCUT2D eigenvalue weighted by Gasteiger charge is -2.31. The number of nitrogens with zero attached hydrogens (tertiary/aromatic N) is 2. The van der Waals surface area contributed by atoms with Crippen LogP contribution in [0.1, 0.15) is 47.7 Å². The molecule has 13 heteroatoms. The van der Waals surface area contributed by atoms with Gasteiger partial charge >= 0.3 is 12.1 Å². The highest BCUT2D eigenvalue weighted by atomic mass is 19.4. The van der Waals surface area contributed by atoms with Crippen LogP contribution in [0.25, 0.3) is 11.1 Å². The minimum Gasteiger partial charge on any atom is -0.497 e. The fourth-order valence-corrected chi connectivity index (χ4v) is 5.80. The molecule has 1 unspecified atom stereocenters. The first-order valence-corrected chi connectivity index (χ1v) is 17.0. The summed E-state index contributed by atoms with van der Waals surface area (Å²) in [7, 11) is 1.61. The first-order chi connectivity index (χ1) is 24.8. The van der Waals surface area contributed by atoms with Crippen molar-refractivity contribution >= 4 is 17.8 Å². The number of nitrogens with one attached hydrogen (secondary N) is 1. The molecule has 0 spiro atoms. The number of amides is 2. The third kappa shape index (κ3) is 11.8. The number of aliphatic carboxylic acids is 1. The molecule has 5 rings (SSSR count). The summed E-state index contributed by atoms with van der Waals surface area (Å²) in [5, 5.41) is 20.9. The van der Waals surface area contributed by atoms with Gasteiger partial charge in [-0.05, 0) is 97.6 Å². The maximum Gasteiger partial charge on any atom is 0.490 e. The minimum atomic E-state index is -5.08. The molecule has 0 aromatic heterocycles. The Morgan fingerprint density at radius 2 is 1.62 bits per heavy atom. The van der Waals surface area contributed by atoms with Gasteiger partial charge in [0.05, 0.1) is 20.1 Å². The van der Waals surface area contributed by atoms with Gasteiger partial charge in [-0.3, -0.25) is 9.59 Å². The molecule has 2 amide bonds. The number of hydrogen-bond acceptors (Lipinski definition) is 7. The van der Waals surface area contributed by atoms with Crippen LogP contribution in [0, 0.1) is 0 Å². The average Bonchev–Trinajstić information content (AvgIpc) is 3.65. The minimum absolute atomic E-state index is 0.0732. The topological polar surface area (TPSA) is 129 Å². The summed E-state index contributed by atoms with van der Waals surface area (Å²) >= 11 is 0. The molecule has 0 saturated carbocycles. The summed E-state index contributed by atoms with van der Waals surface area (Å²) in [6, 6.07) is 23.2. The highest BCUT2D eigenvalue weighted by Crippen LogP contribution is 2.28. The van der Waals surface area contributed by atoms with Crippen molar-refractivity contribution in [3.63, 3.8) is 0 Å². The monoisotopic (exact) mass is 723 g/mol. The van der Waals surface area contributed by atoms with Crippen LogP contribution >= 0.6 is 0 Å². The van der Waals surface area contributed by atoms with E-state index in [1.807, 2.05) is 79.7 Å². The first kappa shape index (κ1) is 39.8. The zero-order valence-corrected chi connectivity index (χ0v) is 29.2. The van der Waals surface area contributed by atoms with Crippen molar-refractivity contribution < 1.29 is 47.2 Å². The number of carboxylic acid groups (broad SMARTS) is 1. The summed E-state index contributed by atoms with van der Waals surface area (Å²) in [5.74, 6) is -3.56. The Balaban J connectivity index is 0.000000785. The Morgan fingerprint density at radius 3 is 2.21 bits per heavy atom. The molecule has 1 aliphatic carbocycles. The number of alkyl halides is 3. The van der Waals surface area contributed by atoms with Crippen LogP contribution in [-0.2, 0) is 27.3 Å². The van der Waals surface area contributed by atoms with E-state index in [2.05, 4.69) is 16.3 Å². The molecule has 10 nitrogen and oxygen atoms in total. The van der Waals surface area contributed by atoms with Crippen LogP contribution in [0.3, 0.4) is 0 Å². The van der Waals surface area contributed by atoms with E-state index >= 15 is 0 Å². The third-order valence-electron chi connectivity index (χ3n) is 8.52. The number of benzene rings is 3. The van der Waals surface area contributed by atoms with Crippen molar-refractivity contribution in [1.29, 1.82) is 0 Å². The maximum absolute atomic E-state index is 13.8. The normalized spacial score (nSPS) is 17.1. The van der Waals surface area contributed by atoms with Crippen molar-refractivity contribution in [2.45, 2.75) is 51.1 Å². The van der Waals surface area contributed by atoms with Gasteiger partial charge < -0.3 is 34.8 Å². The number of carbonyl (C=O) groups excluding carboxylic acids is 2. The number of halogens is 3. The van der Waals surface area contributed by atoms with Crippen LogP contribution in [0.5, 0.6) is 5.75 Å². The SMILES string of the molecule is CCOC1(O)C=CC(N(Cc2cccc(-c3cccc(C(=O)NCCN4CCCC4)c3)c2)C(=O)Cc2ccc(OC)cc2)=CC1.O=C(O)C(F)(F)F. The van der Waals surface area contributed by atoms with E-state index in [-0.39, 0.29) is 24.7 Å². The molecule has 3 aromatic rings. The van der Waals surface area contributed by atoms with Gasteiger partial charge in [0.2, 0.25) is 5.91 Å². The molecule has 1 saturated heterocycles. The summed E-state index contributed by atoms with van der Waals surface area (Å²) in [5.41, 5.74) is 5.03. The number of allylic oxidation sites excluding steroid dienone is 1. The van der Waals surface area contributed by atoms with Crippen LogP contribution in [-0.4, -0.2) is 89.7 Å². The van der Waals surface area contributed by atoms with Crippen molar-refractivity contribution in [2.24, 2.45) is 0 Å². The molecule has 1 fully saturated rings. The second-order valence-corrected chi connectivity index (χ2v) is 12.3. The van der Waals surface area contributed by atoms with E-state index in [4.69, 9.17) is 19.4 Å². The molecule has 0 radical (unpaired) electrons. The largest absolute Gasteiger partial charge is 0.497 e. The van der Waals surface area contributed by atoms with Crippen LogP contribution < -0.4 is 10.1 Å². The van der Waals surface area contributed by atoms with E-state index in [0.717, 1.165) is 47.6 Å². The number of methoxy groups -OCH3 is 1. The number of hydrogen-bond donors (Lipinski definition) is 3. The van der Waals surface area contributed by atoms with Gasteiger partial charge in [0.15, 0.2) is 5.79 Å². The lowest BCUT2D eigenvalue weighted by atomic mass is 9.99. The van der Waals surface area contributed by atoms with Gasteiger partial charge in [-0.15, -0.1) is 0 Å². The summed E-state index contributed by atoms with van der Waals surface area (Å²) in [6.07, 6.45) is 3.03. The number of carbonyl (C=O) groups is 3. The predicted molar refractivity (Wildman–Crippen MR) is 189 cm³/mol. The van der Waals surface area contributed by atoms with E-state index in [1.54, 1.807) is 24.2 Å². The number of likely N-dealkylation sites (tertiary alicyclic amines) is 1. The molecule has 3 N–H and O–H groups in total. The van der Waals surface area contributed by atoms with Crippen molar-refractivity contribution in [3.05, 3.63) is 113 Å². The zero-order valence-electron chi connectivity index (χ0n) is 29.2. The number of ether oxygens (including phenoxy) is 2. The first-order valence-electron chi connectivity index (χ1n) is 17.0. The maximum atomic E-state index is 13.8. The Labute approximate surface area is 301 Å². The highest BCUT2D eigenvalue weighted by Gasteiger charge is 2.38. The molecule has 2 aliphatic rings. The molecule has 3 aromatic carbocycles. The molecule has 278 valence electrons. The smallest absolute Gasteiger partial charge is 0.490 e. The molecule has 1 heterocycles. The summed E-state index contributed by atoms with van der Waals surface area (Å²) in [4.78, 5) is 39.7. The number of rotatable bonds is 13. The van der Waals surface area contributed by atoms with Crippen molar-refractivity contribution in [3.8, 4) is 16.9 Å². The highest BCUT2D eigenvalue weighted by molar-refractivity contribution is 5.95. The predicted octanol–water partition coefficient (Wildman–Crippen LogP) is 5.96. The fourth-order valence-electron chi connectivity index (χ4n) is 5.80. The fraction of sp³-hybridized carbons (Fsp3) is 0.359. The second-order valence-electron chi connectivity index (χ2n) is 12.3. The van der Waals surface area contributed by atoms with Gasteiger partial charge in [0.1, 0.15) is 5.75 Å². The number of aliphatic hydroxyl groups is 1. The molecule has 0 bridgehead atoms. The van der Waals surface area contributed by atoms with E-state index in [0.29, 0.717) is 31.0 Å². The second kappa shape index (κ2) is 18.5. The molecular weight excluding hydrogens is 679 g/mol. The van der Waals surface area contributed by atoms with Crippen LogP contribution in [0.15, 0.2) is 96.7 Å². The van der Waals surface area contributed by atoms with Gasteiger partial charge in [0.25, 0.3) is 5.91 Å². The lowest BCUT2D eigenvalue weighted by molar-refractivity contribution is -0.192. The third-order valence-corrected chi connectivity index (χ3v) is 8.52. The van der Waals surface area contributed by atoms with Crippen LogP contribution in [0.4, 0.5) is 13.2 Å². The van der Waals surface area contributed by atoms with Crippen LogP contribution in [0.2, 0.25) is 0 Å². The van der Waals surface area contributed by atoms with Crippen molar-refractivity contribution in [1.82, 2.24) is 15.1 Å². The molecule has 1 atom stereocenters. The Morgan fingerprint density at radius 1 is 0.962 bits per heavy atom. The van der Waals surface area contributed by atoms with Crippen molar-refractivity contribution in [2.75, 3.05) is 39.9 Å². The molecular formula is C39H44F3N3O7. The summed E-state index contributed by atoms with van der Waals surface area (Å²) in [6.45, 7) is 6.26. The van der Waals surface area contributed by atoms with Gasteiger partial charge in [-0.2, -0.15) is 13.2 Å². The van der Waals surface area contributed by atoms with Gasteiger partial charge in [-0.1, -0.05) is 48.5 Å². The Kier molecular flexibility index (Phi) is 14.2.